The van der Waals surface area contributed by atoms with E-state index in [4.69, 9.17) is 9.84 Å². The van der Waals surface area contributed by atoms with Crippen LogP contribution in [0.4, 0.5) is 0 Å². The van der Waals surface area contributed by atoms with Crippen molar-refractivity contribution in [2.45, 2.75) is 88.6 Å². The molecule has 1 spiro atoms. The summed E-state index contributed by atoms with van der Waals surface area (Å²) < 4.78 is 5.85. The predicted octanol–water partition coefficient (Wildman–Crippen LogP) is 3.97. The third kappa shape index (κ3) is 7.37. The number of ether oxygens (including phenoxy) is 1. The Morgan fingerprint density at radius 2 is 1.59 bits per heavy atom. The van der Waals surface area contributed by atoms with E-state index < -0.39 is 23.7 Å². The molecule has 10 nitrogen and oxygen atoms in total. The number of carbonyl (C=O) groups excluding carboxylic acids is 2. The summed E-state index contributed by atoms with van der Waals surface area (Å²) in [5.41, 5.74) is 0.389. The Kier molecular flexibility index (Phi) is 11.3. The second-order valence-corrected chi connectivity index (χ2v) is 12.2. The number of benzene rings is 2. The van der Waals surface area contributed by atoms with Crippen LogP contribution < -0.4 is 10.1 Å². The Balaban J connectivity index is 0.00000442. The summed E-state index contributed by atoms with van der Waals surface area (Å²) >= 11 is 0. The van der Waals surface area contributed by atoms with Gasteiger partial charge in [-0.25, -0.2) is 4.79 Å². The molecule has 5 rings (SSSR count). The van der Waals surface area contributed by atoms with Crippen LogP contribution in [0.3, 0.4) is 0 Å². The van der Waals surface area contributed by atoms with Crippen molar-refractivity contribution in [2.24, 2.45) is 5.92 Å². The standard InChI is InChI=1S/C33H43N3O7.ClH/c1-2-3-18-36-30(39)28(29(38)23-6-10-25(37)11-7-23)34-32(42)33(36)16-19-35(20-17-33)21-22-4-12-26(13-5-22)43-27-14-8-24(9-15-27)31(40)41;/h4-5,8-9,12-15,23,25,28-29,37-38H,2-3,6-7,10-11,16-21H2,1H3,(H,34,42)(H,40,41);1H/t23?,25?,28-,29+;/m1./s1. The van der Waals surface area contributed by atoms with Crippen molar-refractivity contribution in [3.63, 3.8) is 0 Å². The zero-order valence-electron chi connectivity index (χ0n) is 25.2. The molecular formula is C33H44ClN3O7. The number of aromatic carboxylic acids is 1. The molecule has 2 aromatic carbocycles. The second-order valence-electron chi connectivity index (χ2n) is 12.2. The van der Waals surface area contributed by atoms with E-state index in [1.165, 1.54) is 12.1 Å². The molecule has 2 atom stereocenters. The molecule has 3 fully saturated rings. The molecule has 44 heavy (non-hydrogen) atoms. The molecule has 11 heteroatoms. The van der Waals surface area contributed by atoms with E-state index in [2.05, 4.69) is 17.1 Å². The number of carboxylic acid groups (broad SMARTS) is 1. The number of piperazine rings is 1. The van der Waals surface area contributed by atoms with E-state index in [1.807, 2.05) is 24.3 Å². The van der Waals surface area contributed by atoms with Crippen LogP contribution in [0.2, 0.25) is 0 Å². The predicted molar refractivity (Wildman–Crippen MR) is 167 cm³/mol. The van der Waals surface area contributed by atoms with E-state index in [1.54, 1.807) is 17.0 Å². The van der Waals surface area contributed by atoms with Gasteiger partial charge in [0, 0.05) is 26.2 Å². The highest BCUT2D eigenvalue weighted by Gasteiger charge is 2.55. The van der Waals surface area contributed by atoms with Gasteiger partial charge in [-0.3, -0.25) is 14.5 Å². The maximum absolute atomic E-state index is 13.8. The van der Waals surface area contributed by atoms with E-state index in [-0.39, 0.29) is 41.8 Å². The molecule has 1 aliphatic carbocycles. The third-order valence-corrected chi connectivity index (χ3v) is 9.41. The summed E-state index contributed by atoms with van der Waals surface area (Å²) in [6, 6.07) is 13.1. The highest BCUT2D eigenvalue weighted by Crippen LogP contribution is 2.36. The van der Waals surface area contributed by atoms with Gasteiger partial charge < -0.3 is 30.3 Å². The topological polar surface area (TPSA) is 140 Å². The maximum Gasteiger partial charge on any atom is 0.335 e. The normalized spacial score (nSPS) is 24.3. The Morgan fingerprint density at radius 3 is 2.16 bits per heavy atom. The number of carbonyl (C=O) groups is 3. The van der Waals surface area contributed by atoms with Crippen molar-refractivity contribution in [3.8, 4) is 11.5 Å². The number of halogens is 1. The fourth-order valence-electron chi connectivity index (χ4n) is 6.73. The average Bonchev–Trinajstić information content (AvgIpc) is 3.01. The molecule has 4 N–H and O–H groups in total. The number of rotatable bonds is 10. The van der Waals surface area contributed by atoms with Gasteiger partial charge in [0.1, 0.15) is 23.1 Å². The van der Waals surface area contributed by atoms with E-state index >= 15 is 0 Å². The lowest BCUT2D eigenvalue weighted by atomic mass is 9.77. The zero-order chi connectivity index (χ0) is 30.6. The monoisotopic (exact) mass is 629 g/mol. The number of piperidine rings is 1. The van der Waals surface area contributed by atoms with Crippen LogP contribution in [0, 0.1) is 5.92 Å². The van der Waals surface area contributed by atoms with Gasteiger partial charge in [0.15, 0.2) is 0 Å². The number of aliphatic hydroxyl groups excluding tert-OH is 2. The molecule has 2 aliphatic heterocycles. The lowest BCUT2D eigenvalue weighted by Crippen LogP contribution is -2.75. The van der Waals surface area contributed by atoms with Crippen LogP contribution in [0.1, 0.15) is 74.2 Å². The van der Waals surface area contributed by atoms with Crippen molar-refractivity contribution in [1.29, 1.82) is 0 Å². The first kappa shape index (κ1) is 33.7. The summed E-state index contributed by atoms with van der Waals surface area (Å²) in [7, 11) is 0. The Labute approximate surface area is 264 Å². The van der Waals surface area contributed by atoms with Crippen LogP contribution in [-0.2, 0) is 16.1 Å². The molecule has 0 aromatic heterocycles. The first-order valence-corrected chi connectivity index (χ1v) is 15.5. The number of hydrogen-bond acceptors (Lipinski definition) is 7. The molecule has 2 saturated heterocycles. The van der Waals surface area contributed by atoms with E-state index in [0.29, 0.717) is 76.2 Å². The summed E-state index contributed by atoms with van der Waals surface area (Å²) in [5, 5.41) is 33.0. The van der Waals surface area contributed by atoms with Gasteiger partial charge in [-0.2, -0.15) is 0 Å². The molecule has 2 aromatic rings. The smallest absolute Gasteiger partial charge is 0.335 e. The summed E-state index contributed by atoms with van der Waals surface area (Å²) in [6.07, 6.45) is 3.93. The molecule has 2 amide bonds. The maximum atomic E-state index is 13.8. The molecule has 0 unspecified atom stereocenters. The number of unbranched alkanes of at least 4 members (excludes halogenated alkanes) is 1. The Bertz CT molecular complexity index is 1270. The van der Waals surface area contributed by atoms with Crippen LogP contribution >= 0.6 is 12.4 Å². The summed E-state index contributed by atoms with van der Waals surface area (Å²) in [4.78, 5) is 42.7. The molecule has 3 aliphatic rings. The Hall–Kier alpha value is -3.18. The van der Waals surface area contributed by atoms with Crippen molar-refractivity contribution >= 4 is 30.2 Å². The fourth-order valence-corrected chi connectivity index (χ4v) is 6.73. The van der Waals surface area contributed by atoms with Crippen molar-refractivity contribution in [1.82, 2.24) is 15.1 Å². The highest BCUT2D eigenvalue weighted by atomic mass is 35.5. The Morgan fingerprint density at radius 1 is 1.00 bits per heavy atom. The van der Waals surface area contributed by atoms with Crippen LogP contribution in [-0.4, -0.2) is 86.3 Å². The van der Waals surface area contributed by atoms with Crippen molar-refractivity contribution in [3.05, 3.63) is 59.7 Å². The third-order valence-electron chi connectivity index (χ3n) is 9.41. The minimum Gasteiger partial charge on any atom is -0.478 e. The van der Waals surface area contributed by atoms with Gasteiger partial charge in [-0.15, -0.1) is 12.4 Å². The van der Waals surface area contributed by atoms with Crippen molar-refractivity contribution in [2.75, 3.05) is 19.6 Å². The average molecular weight is 630 g/mol. The largest absolute Gasteiger partial charge is 0.478 e. The fraction of sp³-hybridized carbons (Fsp3) is 0.545. The molecule has 2 heterocycles. The van der Waals surface area contributed by atoms with Crippen LogP contribution in [0.15, 0.2) is 48.5 Å². The van der Waals surface area contributed by atoms with E-state index in [9.17, 15) is 24.6 Å². The molecule has 1 saturated carbocycles. The van der Waals surface area contributed by atoms with Crippen LogP contribution in [0.25, 0.3) is 0 Å². The van der Waals surface area contributed by atoms with Gasteiger partial charge >= 0.3 is 5.97 Å². The molecular weight excluding hydrogens is 586 g/mol. The molecule has 0 radical (unpaired) electrons. The van der Waals surface area contributed by atoms with Gasteiger partial charge in [0.25, 0.3) is 0 Å². The number of aliphatic hydroxyl groups is 2. The SMILES string of the molecule is CCCCN1C(=O)[C@@H]([C@@H](O)C2CCC(O)CC2)NC(=O)C12CCN(Cc1ccc(Oc3ccc(C(=O)O)cc3)cc1)CC2.Cl. The highest BCUT2D eigenvalue weighted by molar-refractivity contribution is 6.00. The number of likely N-dealkylation sites (tertiary alicyclic amines) is 1. The minimum absolute atomic E-state index is 0. The number of nitrogens with zero attached hydrogens (tertiary/aromatic N) is 2. The lowest BCUT2D eigenvalue weighted by molar-refractivity contribution is -0.166. The second kappa shape index (κ2) is 14.7. The van der Waals surface area contributed by atoms with Crippen molar-refractivity contribution < 1.29 is 34.4 Å². The van der Waals surface area contributed by atoms with E-state index in [0.717, 1.165) is 18.4 Å². The quantitative estimate of drug-likeness (QED) is 0.310. The van der Waals surface area contributed by atoms with Gasteiger partial charge in [-0.05, 0) is 92.8 Å². The summed E-state index contributed by atoms with van der Waals surface area (Å²) in [5.74, 6) is -0.248. The molecule has 240 valence electrons. The number of amides is 2. The first-order valence-electron chi connectivity index (χ1n) is 15.5. The number of carboxylic acids is 1. The lowest BCUT2D eigenvalue weighted by Gasteiger charge is -2.52. The molecule has 0 bridgehead atoms. The number of nitrogens with one attached hydrogen (secondary N) is 1. The first-order chi connectivity index (χ1) is 20.7. The number of hydrogen-bond donors (Lipinski definition) is 4. The van der Waals surface area contributed by atoms with Crippen LogP contribution in [0.5, 0.6) is 11.5 Å². The summed E-state index contributed by atoms with van der Waals surface area (Å²) in [6.45, 7) is 4.57. The zero-order valence-corrected chi connectivity index (χ0v) is 26.0. The minimum atomic E-state index is -0.983. The van der Waals surface area contributed by atoms with Gasteiger partial charge in [0.2, 0.25) is 11.8 Å². The van der Waals surface area contributed by atoms with Gasteiger partial charge in [-0.1, -0.05) is 25.5 Å². The van der Waals surface area contributed by atoms with Gasteiger partial charge in [0.05, 0.1) is 17.8 Å².